The van der Waals surface area contributed by atoms with Crippen LogP contribution in [0.1, 0.15) is 17.8 Å². The number of carbonyl (C=O) groups is 1. The molecule has 0 bridgehead atoms. The van der Waals surface area contributed by atoms with Crippen molar-refractivity contribution >= 4 is 28.9 Å². The van der Waals surface area contributed by atoms with Gasteiger partial charge in [0, 0.05) is 22.2 Å². The number of nitrogens with zero attached hydrogens (tertiary/aromatic N) is 3. The maximum atomic E-state index is 13.7. The van der Waals surface area contributed by atoms with Gasteiger partial charge in [0.2, 0.25) is 5.95 Å². The molecular formula is C26H25N5O4S. The lowest BCUT2D eigenvalue weighted by Gasteiger charge is -2.27. The van der Waals surface area contributed by atoms with Gasteiger partial charge in [-0.25, -0.2) is 4.68 Å². The minimum atomic E-state index is -0.468. The molecule has 0 radical (unpaired) electrons. The Labute approximate surface area is 212 Å². The van der Waals surface area contributed by atoms with Gasteiger partial charge in [0.15, 0.2) is 5.82 Å². The van der Waals surface area contributed by atoms with Crippen LogP contribution in [0.3, 0.4) is 0 Å². The molecule has 0 saturated heterocycles. The fourth-order valence-corrected chi connectivity index (χ4v) is 4.97. The van der Waals surface area contributed by atoms with Crippen molar-refractivity contribution in [1.82, 2.24) is 14.8 Å². The van der Waals surface area contributed by atoms with E-state index in [-0.39, 0.29) is 5.91 Å². The first kappa shape index (κ1) is 23.4. The second-order valence-electron chi connectivity index (χ2n) is 8.04. The highest BCUT2D eigenvalue weighted by Gasteiger charge is 2.35. The number of carbonyl (C=O) groups excluding carboxylic acids is 1. The number of anilines is 2. The third-order valence-electron chi connectivity index (χ3n) is 5.87. The number of ether oxygens (including phenoxy) is 3. The molecule has 2 aromatic carbocycles. The van der Waals surface area contributed by atoms with Crippen LogP contribution in [0.15, 0.2) is 71.2 Å². The number of thiophene rings is 1. The van der Waals surface area contributed by atoms with E-state index in [1.165, 1.54) is 0 Å². The topological polar surface area (TPSA) is 99.5 Å². The predicted octanol–water partition coefficient (Wildman–Crippen LogP) is 4.96. The fourth-order valence-electron chi connectivity index (χ4n) is 4.15. The van der Waals surface area contributed by atoms with Crippen LogP contribution in [0.2, 0.25) is 0 Å². The number of hydrogen-bond donors (Lipinski definition) is 2. The Morgan fingerprint density at radius 1 is 1.03 bits per heavy atom. The van der Waals surface area contributed by atoms with Gasteiger partial charge in [0.25, 0.3) is 5.91 Å². The second kappa shape index (κ2) is 9.74. The van der Waals surface area contributed by atoms with Crippen LogP contribution < -0.4 is 24.8 Å². The summed E-state index contributed by atoms with van der Waals surface area (Å²) in [6.07, 6.45) is 0. The lowest BCUT2D eigenvalue weighted by atomic mass is 10.0. The molecule has 0 fully saturated rings. The molecule has 36 heavy (non-hydrogen) atoms. The van der Waals surface area contributed by atoms with Gasteiger partial charge in [0.1, 0.15) is 23.3 Å². The van der Waals surface area contributed by atoms with Crippen molar-refractivity contribution in [2.24, 2.45) is 0 Å². The van der Waals surface area contributed by atoms with Crippen molar-refractivity contribution in [1.29, 1.82) is 0 Å². The number of methoxy groups -OCH3 is 3. The van der Waals surface area contributed by atoms with E-state index < -0.39 is 6.04 Å². The summed E-state index contributed by atoms with van der Waals surface area (Å²) in [6, 6.07) is 16.3. The average Bonchev–Trinajstić information content (AvgIpc) is 3.58. The van der Waals surface area contributed by atoms with Crippen LogP contribution in [0, 0.1) is 0 Å². The van der Waals surface area contributed by atoms with Crippen molar-refractivity contribution in [3.05, 3.63) is 76.1 Å². The molecule has 3 heterocycles. The molecule has 0 aliphatic carbocycles. The molecule has 9 nitrogen and oxygen atoms in total. The van der Waals surface area contributed by atoms with Crippen molar-refractivity contribution in [2.45, 2.75) is 13.0 Å². The lowest BCUT2D eigenvalue weighted by Crippen LogP contribution is -2.31. The summed E-state index contributed by atoms with van der Waals surface area (Å²) in [4.78, 5) is 19.3. The monoisotopic (exact) mass is 503 g/mol. The number of benzene rings is 2. The predicted molar refractivity (Wildman–Crippen MR) is 139 cm³/mol. The lowest BCUT2D eigenvalue weighted by molar-refractivity contribution is -0.113. The number of rotatable bonds is 7. The van der Waals surface area contributed by atoms with Crippen LogP contribution in [-0.4, -0.2) is 42.0 Å². The highest BCUT2D eigenvalue weighted by molar-refractivity contribution is 7.10. The molecule has 1 unspecified atom stereocenters. The van der Waals surface area contributed by atoms with Gasteiger partial charge in [-0.3, -0.25) is 4.79 Å². The zero-order valence-corrected chi connectivity index (χ0v) is 21.1. The van der Waals surface area contributed by atoms with Gasteiger partial charge < -0.3 is 24.8 Å². The molecule has 0 saturated carbocycles. The number of nitrogens with one attached hydrogen (secondary N) is 2. The quantitative estimate of drug-likeness (QED) is 0.368. The standard InChI is InChI=1S/C26H25N5O4S/c1-15-22(25(32)28-19-8-5-6-9-20(19)35-4)23(21-10-7-11-36-21)31-26(27-15)29-24(30-31)16-12-17(33-2)14-18(13-16)34-3/h5-14,23H,1-4H3,(H,28,32)(H,27,29,30). The Hall–Kier alpha value is -4.31. The number of hydrogen-bond acceptors (Lipinski definition) is 8. The van der Waals surface area contributed by atoms with Crippen molar-refractivity contribution < 1.29 is 19.0 Å². The number of amides is 1. The molecule has 1 amide bonds. The summed E-state index contributed by atoms with van der Waals surface area (Å²) >= 11 is 1.55. The van der Waals surface area contributed by atoms with Crippen molar-refractivity contribution in [2.75, 3.05) is 32.0 Å². The molecule has 2 N–H and O–H groups in total. The Balaban J connectivity index is 1.57. The smallest absolute Gasteiger partial charge is 0.256 e. The maximum absolute atomic E-state index is 13.7. The zero-order chi connectivity index (χ0) is 25.2. The zero-order valence-electron chi connectivity index (χ0n) is 20.2. The average molecular weight is 504 g/mol. The SMILES string of the molecule is COc1cc(OC)cc(-c2nc3n(n2)C(c2cccs2)C(C(=O)Nc2ccccc2OC)=C(C)N3)c1. The van der Waals surface area contributed by atoms with Crippen LogP contribution >= 0.6 is 11.3 Å². The van der Waals surface area contributed by atoms with Crippen LogP contribution in [0.25, 0.3) is 11.4 Å². The van der Waals surface area contributed by atoms with E-state index in [0.29, 0.717) is 46.0 Å². The molecule has 10 heteroatoms. The first-order chi connectivity index (χ1) is 17.5. The minimum Gasteiger partial charge on any atom is -0.497 e. The normalized spacial score (nSPS) is 14.6. The fraction of sp³-hybridized carbons (Fsp3) is 0.192. The van der Waals surface area contributed by atoms with E-state index in [1.807, 2.05) is 48.7 Å². The van der Waals surface area contributed by atoms with Crippen molar-refractivity contribution in [3.8, 4) is 28.6 Å². The van der Waals surface area contributed by atoms with Crippen LogP contribution in [0.4, 0.5) is 11.6 Å². The largest absolute Gasteiger partial charge is 0.497 e. The summed E-state index contributed by atoms with van der Waals surface area (Å²) in [5.74, 6) is 2.61. The van der Waals surface area contributed by atoms with Gasteiger partial charge in [-0.05, 0) is 42.6 Å². The Kier molecular flexibility index (Phi) is 6.34. The number of fused-ring (bicyclic) bond motifs is 1. The Bertz CT molecular complexity index is 1420. The summed E-state index contributed by atoms with van der Waals surface area (Å²) in [5.41, 5.74) is 2.55. The Morgan fingerprint density at radius 3 is 2.44 bits per heavy atom. The van der Waals surface area contributed by atoms with Gasteiger partial charge >= 0.3 is 0 Å². The summed E-state index contributed by atoms with van der Waals surface area (Å²) in [5, 5.41) is 13.1. The van der Waals surface area contributed by atoms with Gasteiger partial charge in [-0.2, -0.15) is 4.98 Å². The summed E-state index contributed by atoms with van der Waals surface area (Å²) in [6.45, 7) is 1.87. The Morgan fingerprint density at radius 2 is 1.78 bits per heavy atom. The first-order valence-corrected chi connectivity index (χ1v) is 12.1. The molecule has 2 aromatic heterocycles. The van der Waals surface area contributed by atoms with Gasteiger partial charge in [0.05, 0.1) is 32.6 Å². The van der Waals surface area contributed by atoms with Crippen molar-refractivity contribution in [3.63, 3.8) is 0 Å². The number of allylic oxidation sites excluding steroid dienone is 1. The van der Waals surface area contributed by atoms with E-state index in [4.69, 9.17) is 24.3 Å². The molecule has 184 valence electrons. The van der Waals surface area contributed by atoms with Gasteiger partial charge in [-0.1, -0.05) is 18.2 Å². The third-order valence-corrected chi connectivity index (χ3v) is 6.80. The van der Waals surface area contributed by atoms with E-state index in [0.717, 1.165) is 10.4 Å². The summed E-state index contributed by atoms with van der Waals surface area (Å²) < 4.78 is 18.0. The molecule has 1 atom stereocenters. The van der Waals surface area contributed by atoms with Crippen LogP contribution in [0.5, 0.6) is 17.2 Å². The summed E-state index contributed by atoms with van der Waals surface area (Å²) in [7, 11) is 4.76. The van der Waals surface area contributed by atoms with E-state index in [2.05, 4.69) is 10.6 Å². The third kappa shape index (κ3) is 4.27. The second-order valence-corrected chi connectivity index (χ2v) is 9.02. The van der Waals surface area contributed by atoms with E-state index in [1.54, 1.807) is 55.5 Å². The minimum absolute atomic E-state index is 0.256. The highest BCUT2D eigenvalue weighted by Crippen LogP contribution is 2.39. The molecule has 0 spiro atoms. The molecule has 1 aliphatic rings. The number of para-hydroxylation sites is 2. The first-order valence-electron chi connectivity index (χ1n) is 11.2. The highest BCUT2D eigenvalue weighted by atomic mass is 32.1. The van der Waals surface area contributed by atoms with E-state index >= 15 is 0 Å². The molecule has 1 aliphatic heterocycles. The maximum Gasteiger partial charge on any atom is 0.256 e. The molecule has 4 aromatic rings. The van der Waals surface area contributed by atoms with Gasteiger partial charge in [-0.15, -0.1) is 16.4 Å². The van der Waals surface area contributed by atoms with E-state index in [9.17, 15) is 4.79 Å². The molecule has 5 rings (SSSR count). The van der Waals surface area contributed by atoms with Crippen LogP contribution in [-0.2, 0) is 4.79 Å². The molecular weight excluding hydrogens is 478 g/mol. The number of aromatic nitrogens is 3.